The van der Waals surface area contributed by atoms with E-state index in [-0.39, 0.29) is 11.3 Å². The molecule has 0 radical (unpaired) electrons. The van der Waals surface area contributed by atoms with Crippen molar-refractivity contribution in [3.63, 3.8) is 0 Å². The second kappa shape index (κ2) is 4.41. The van der Waals surface area contributed by atoms with E-state index in [2.05, 4.69) is 13.8 Å². The van der Waals surface area contributed by atoms with E-state index < -0.39 is 0 Å². The summed E-state index contributed by atoms with van der Waals surface area (Å²) in [5.41, 5.74) is 4.36. The van der Waals surface area contributed by atoms with E-state index in [0.29, 0.717) is 29.8 Å². The molecule has 0 bridgehead atoms. The summed E-state index contributed by atoms with van der Waals surface area (Å²) < 4.78 is 0. The minimum atomic E-state index is -0.0696. The van der Waals surface area contributed by atoms with Crippen molar-refractivity contribution in [3.05, 3.63) is 22.8 Å². The van der Waals surface area contributed by atoms with Crippen LogP contribution in [0.4, 0.5) is 0 Å². The van der Waals surface area contributed by atoms with Crippen LogP contribution in [0.25, 0.3) is 0 Å². The third-order valence-electron chi connectivity index (χ3n) is 6.74. The molecule has 21 heavy (non-hydrogen) atoms. The molecule has 2 saturated carbocycles. The first kappa shape index (κ1) is 13.5. The summed E-state index contributed by atoms with van der Waals surface area (Å²) in [4.78, 5) is 24.2. The maximum Gasteiger partial charge on any atom is 0.156 e. The van der Waals surface area contributed by atoms with Crippen LogP contribution >= 0.6 is 0 Å². The number of Topliss-reactive ketones (excluding diaryl/α,β-unsaturated/α-hetero) is 1. The minimum Gasteiger partial charge on any atom is -0.299 e. The molecule has 0 spiro atoms. The molecule has 2 heteroatoms. The van der Waals surface area contributed by atoms with Crippen LogP contribution in [0.2, 0.25) is 0 Å². The Hall–Kier alpha value is -1.18. The molecule has 0 aromatic heterocycles. The zero-order chi connectivity index (χ0) is 14.8. The van der Waals surface area contributed by atoms with Gasteiger partial charge in [-0.2, -0.15) is 0 Å². The molecule has 4 aliphatic carbocycles. The van der Waals surface area contributed by atoms with Gasteiger partial charge < -0.3 is 0 Å². The van der Waals surface area contributed by atoms with E-state index >= 15 is 0 Å². The molecule has 4 aliphatic rings. The average Bonchev–Trinajstić information content (AvgIpc) is 2.70. The van der Waals surface area contributed by atoms with Crippen molar-refractivity contribution in [2.75, 3.05) is 0 Å². The molecular weight excluding hydrogens is 260 g/mol. The predicted octanol–water partition coefficient (Wildman–Crippen LogP) is 4.01. The molecule has 0 saturated heterocycles. The third kappa shape index (κ3) is 1.77. The van der Waals surface area contributed by atoms with Gasteiger partial charge in [0.1, 0.15) is 5.78 Å². The van der Waals surface area contributed by atoms with E-state index in [0.717, 1.165) is 38.5 Å². The Morgan fingerprint density at radius 1 is 1.14 bits per heavy atom. The molecule has 4 rings (SSSR count). The Balaban J connectivity index is 1.76. The van der Waals surface area contributed by atoms with Gasteiger partial charge in [-0.3, -0.25) is 9.59 Å². The van der Waals surface area contributed by atoms with Gasteiger partial charge in [-0.05, 0) is 67.6 Å². The number of ketones is 2. The normalized spacial score (nSPS) is 42.4. The number of fused-ring (bicyclic) bond motifs is 4. The number of allylic oxidation sites excluding steroid dienone is 4. The molecule has 0 aromatic carbocycles. The standard InChI is InChI=1S/C19H24O2/c1-11-9-17-16-5-3-12-10-13(20)4-6-14(12)15(16)7-8-19(17,2)18(11)21/h10-11,16-17H,3-9H2,1-2H3/t11-,16+,17-,19-/m0/s1. The highest BCUT2D eigenvalue weighted by atomic mass is 16.1. The molecular formula is C19H24O2. The largest absolute Gasteiger partial charge is 0.299 e. The molecule has 0 heterocycles. The van der Waals surface area contributed by atoms with Gasteiger partial charge >= 0.3 is 0 Å². The first-order valence-corrected chi connectivity index (χ1v) is 8.50. The molecule has 0 N–H and O–H groups in total. The van der Waals surface area contributed by atoms with Gasteiger partial charge in [-0.25, -0.2) is 0 Å². The highest BCUT2D eigenvalue weighted by molar-refractivity contribution is 5.93. The van der Waals surface area contributed by atoms with Crippen LogP contribution in [0.5, 0.6) is 0 Å². The van der Waals surface area contributed by atoms with Crippen molar-refractivity contribution >= 4 is 11.6 Å². The summed E-state index contributed by atoms with van der Waals surface area (Å²) in [6.45, 7) is 4.34. The van der Waals surface area contributed by atoms with E-state index in [1.165, 1.54) is 11.1 Å². The molecule has 112 valence electrons. The lowest BCUT2D eigenvalue weighted by molar-refractivity contribution is -0.130. The third-order valence-corrected chi connectivity index (χ3v) is 6.74. The van der Waals surface area contributed by atoms with Crippen LogP contribution in [-0.2, 0) is 9.59 Å². The lowest BCUT2D eigenvalue weighted by Gasteiger charge is -2.46. The molecule has 2 nitrogen and oxygen atoms in total. The predicted molar refractivity (Wildman–Crippen MR) is 81.7 cm³/mol. The van der Waals surface area contributed by atoms with Crippen molar-refractivity contribution in [3.8, 4) is 0 Å². The van der Waals surface area contributed by atoms with E-state index in [1.807, 2.05) is 6.08 Å². The number of rotatable bonds is 0. The van der Waals surface area contributed by atoms with Gasteiger partial charge in [-0.15, -0.1) is 0 Å². The summed E-state index contributed by atoms with van der Waals surface area (Å²) in [6.07, 6.45) is 8.92. The summed E-state index contributed by atoms with van der Waals surface area (Å²) in [7, 11) is 0. The topological polar surface area (TPSA) is 34.1 Å². The van der Waals surface area contributed by atoms with E-state index in [1.54, 1.807) is 5.57 Å². The van der Waals surface area contributed by atoms with Crippen LogP contribution in [0.15, 0.2) is 22.8 Å². The molecule has 0 aliphatic heterocycles. The van der Waals surface area contributed by atoms with E-state index in [4.69, 9.17) is 0 Å². The van der Waals surface area contributed by atoms with Gasteiger partial charge in [0.15, 0.2) is 5.78 Å². The van der Waals surface area contributed by atoms with E-state index in [9.17, 15) is 9.59 Å². The fraction of sp³-hybridized carbons (Fsp3) is 0.684. The quantitative estimate of drug-likeness (QED) is 0.673. The molecule has 0 aromatic rings. The fourth-order valence-corrected chi connectivity index (χ4v) is 5.65. The van der Waals surface area contributed by atoms with Gasteiger partial charge in [-0.1, -0.05) is 19.4 Å². The lowest BCUT2D eigenvalue weighted by Crippen LogP contribution is -2.40. The summed E-state index contributed by atoms with van der Waals surface area (Å²) in [5, 5.41) is 0. The average molecular weight is 284 g/mol. The molecule has 4 atom stereocenters. The fourth-order valence-electron chi connectivity index (χ4n) is 5.65. The minimum absolute atomic E-state index is 0.0696. The lowest BCUT2D eigenvalue weighted by atomic mass is 9.57. The van der Waals surface area contributed by atoms with Gasteiger partial charge in [0.25, 0.3) is 0 Å². The van der Waals surface area contributed by atoms with Crippen LogP contribution in [0, 0.1) is 23.2 Å². The smallest absolute Gasteiger partial charge is 0.156 e. The second-order valence-corrected chi connectivity index (χ2v) is 7.81. The summed E-state index contributed by atoms with van der Waals surface area (Å²) in [6, 6.07) is 0. The molecule has 0 unspecified atom stereocenters. The molecule has 2 fully saturated rings. The van der Waals surface area contributed by atoms with Crippen molar-refractivity contribution < 1.29 is 9.59 Å². The summed E-state index contributed by atoms with van der Waals surface area (Å²) >= 11 is 0. The zero-order valence-corrected chi connectivity index (χ0v) is 13.1. The van der Waals surface area contributed by atoms with Crippen LogP contribution in [-0.4, -0.2) is 11.6 Å². The Morgan fingerprint density at radius 3 is 2.76 bits per heavy atom. The van der Waals surface area contributed by atoms with Crippen molar-refractivity contribution in [1.29, 1.82) is 0 Å². The maximum atomic E-state index is 12.6. The Kier molecular flexibility index (Phi) is 2.83. The van der Waals surface area contributed by atoms with Crippen molar-refractivity contribution in [2.24, 2.45) is 23.2 Å². The highest BCUT2D eigenvalue weighted by Gasteiger charge is 2.55. The number of hydrogen-bond donors (Lipinski definition) is 0. The maximum absolute atomic E-state index is 12.6. The van der Waals surface area contributed by atoms with Crippen LogP contribution < -0.4 is 0 Å². The van der Waals surface area contributed by atoms with Gasteiger partial charge in [0, 0.05) is 17.8 Å². The summed E-state index contributed by atoms with van der Waals surface area (Å²) in [5.74, 6) is 2.22. The monoisotopic (exact) mass is 284 g/mol. The van der Waals surface area contributed by atoms with Crippen molar-refractivity contribution in [2.45, 2.75) is 58.8 Å². The number of hydrogen-bond acceptors (Lipinski definition) is 2. The number of carbonyl (C=O) groups is 2. The number of carbonyl (C=O) groups excluding carboxylic acids is 2. The van der Waals surface area contributed by atoms with Gasteiger partial charge in [0.2, 0.25) is 0 Å². The molecule has 0 amide bonds. The highest BCUT2D eigenvalue weighted by Crippen LogP contribution is 2.59. The second-order valence-electron chi connectivity index (χ2n) is 7.81. The Bertz CT molecular complexity index is 595. The zero-order valence-electron chi connectivity index (χ0n) is 13.1. The first-order valence-electron chi connectivity index (χ1n) is 8.50. The Morgan fingerprint density at radius 2 is 1.95 bits per heavy atom. The first-order chi connectivity index (χ1) is 10.0. The SMILES string of the molecule is C[C@H]1C[C@H]2[C@@H]3CCC4=CC(=O)CCC4=C3CC[C@]2(C)C1=O. The van der Waals surface area contributed by atoms with Crippen molar-refractivity contribution in [1.82, 2.24) is 0 Å². The van der Waals surface area contributed by atoms with Crippen LogP contribution in [0.1, 0.15) is 58.8 Å². The van der Waals surface area contributed by atoms with Gasteiger partial charge in [0.05, 0.1) is 0 Å². The van der Waals surface area contributed by atoms with Crippen LogP contribution in [0.3, 0.4) is 0 Å². The Labute approximate surface area is 126 Å².